The minimum absolute atomic E-state index is 0.274. The van der Waals surface area contributed by atoms with Crippen LogP contribution in [0.15, 0.2) is 47.2 Å². The molecule has 0 saturated carbocycles. The van der Waals surface area contributed by atoms with E-state index in [1.54, 1.807) is 24.5 Å². The van der Waals surface area contributed by atoms with Gasteiger partial charge in [0.15, 0.2) is 0 Å². The number of halogens is 2. The summed E-state index contributed by atoms with van der Waals surface area (Å²) in [5.41, 5.74) is 7.21. The van der Waals surface area contributed by atoms with Gasteiger partial charge < -0.3 is 10.8 Å². The van der Waals surface area contributed by atoms with Gasteiger partial charge in [0, 0.05) is 29.3 Å². The predicted octanol–water partition coefficient (Wildman–Crippen LogP) is 2.76. The molecule has 1 aromatic heterocycles. The Morgan fingerprint density at radius 2 is 2.16 bits per heavy atom. The maximum absolute atomic E-state index is 13.1. The highest BCUT2D eigenvalue weighted by atomic mass is 79.9. The first-order valence-corrected chi connectivity index (χ1v) is 6.65. The molecule has 0 amide bonds. The number of aliphatic hydroxyl groups is 1. The molecule has 2 rings (SSSR count). The first-order chi connectivity index (χ1) is 9.13. The van der Waals surface area contributed by atoms with Crippen LogP contribution in [0.25, 0.3) is 0 Å². The largest absolute Gasteiger partial charge is 0.388 e. The summed E-state index contributed by atoms with van der Waals surface area (Å²) < 4.78 is 13.6. The third-order valence-electron chi connectivity index (χ3n) is 3.03. The molecule has 0 bridgehead atoms. The molecule has 2 unspecified atom stereocenters. The first kappa shape index (κ1) is 14.1. The monoisotopic (exact) mass is 324 g/mol. The van der Waals surface area contributed by atoms with Gasteiger partial charge in [0.05, 0.1) is 6.10 Å². The van der Waals surface area contributed by atoms with E-state index in [-0.39, 0.29) is 18.3 Å². The number of pyridine rings is 1. The molecule has 5 heteroatoms. The molecule has 0 spiro atoms. The quantitative estimate of drug-likeness (QED) is 0.909. The van der Waals surface area contributed by atoms with E-state index in [2.05, 4.69) is 20.9 Å². The Morgan fingerprint density at radius 3 is 2.74 bits per heavy atom. The molecule has 1 aromatic carbocycles. The second kappa shape index (κ2) is 6.23. The zero-order valence-electron chi connectivity index (χ0n) is 10.1. The van der Waals surface area contributed by atoms with E-state index >= 15 is 0 Å². The van der Waals surface area contributed by atoms with E-state index in [1.165, 1.54) is 12.1 Å². The van der Waals surface area contributed by atoms with Crippen LogP contribution in [0.4, 0.5) is 4.39 Å². The Balaban J connectivity index is 2.33. The number of nitrogens with zero attached hydrogens (tertiary/aromatic N) is 1. The molecule has 2 aromatic rings. The van der Waals surface area contributed by atoms with Crippen LogP contribution in [0, 0.1) is 5.82 Å². The average Bonchev–Trinajstić information content (AvgIpc) is 2.40. The molecule has 100 valence electrons. The third-order valence-corrected chi connectivity index (χ3v) is 3.72. The fourth-order valence-electron chi connectivity index (χ4n) is 2.00. The topological polar surface area (TPSA) is 59.1 Å². The van der Waals surface area contributed by atoms with Crippen molar-refractivity contribution in [1.82, 2.24) is 4.98 Å². The lowest BCUT2D eigenvalue weighted by atomic mass is 9.90. The summed E-state index contributed by atoms with van der Waals surface area (Å²) in [5, 5.41) is 10.4. The van der Waals surface area contributed by atoms with E-state index in [0.29, 0.717) is 10.0 Å². The van der Waals surface area contributed by atoms with Crippen molar-refractivity contribution in [3.05, 3.63) is 64.1 Å². The van der Waals surface area contributed by atoms with Gasteiger partial charge >= 0.3 is 0 Å². The van der Waals surface area contributed by atoms with E-state index in [0.717, 1.165) is 5.56 Å². The maximum Gasteiger partial charge on any atom is 0.124 e. The molecule has 19 heavy (non-hydrogen) atoms. The van der Waals surface area contributed by atoms with Crippen LogP contribution < -0.4 is 5.73 Å². The predicted molar refractivity (Wildman–Crippen MR) is 75.1 cm³/mol. The number of benzene rings is 1. The van der Waals surface area contributed by atoms with Gasteiger partial charge in [0.2, 0.25) is 0 Å². The molecule has 2 atom stereocenters. The smallest absolute Gasteiger partial charge is 0.124 e. The van der Waals surface area contributed by atoms with Gasteiger partial charge in [-0.25, -0.2) is 4.39 Å². The standard InChI is InChI=1S/C14H14BrFN2O/c15-13-6-10(16)3-4-11(13)14(19)12(7-17)9-2-1-5-18-8-9/h1-6,8,12,14,19H,7,17H2. The molecule has 0 radical (unpaired) electrons. The molecule has 1 heterocycles. The van der Waals surface area contributed by atoms with E-state index in [9.17, 15) is 9.50 Å². The summed E-state index contributed by atoms with van der Waals surface area (Å²) >= 11 is 3.26. The normalized spacial score (nSPS) is 14.1. The van der Waals surface area contributed by atoms with Crippen molar-refractivity contribution in [3.8, 4) is 0 Å². The van der Waals surface area contributed by atoms with Gasteiger partial charge in [-0.1, -0.05) is 28.1 Å². The summed E-state index contributed by atoms with van der Waals surface area (Å²) in [7, 11) is 0. The Morgan fingerprint density at radius 1 is 1.37 bits per heavy atom. The van der Waals surface area contributed by atoms with E-state index in [4.69, 9.17) is 5.73 Å². The molecule has 0 aliphatic carbocycles. The van der Waals surface area contributed by atoms with Crippen molar-refractivity contribution in [3.63, 3.8) is 0 Å². The van der Waals surface area contributed by atoms with Crippen molar-refractivity contribution < 1.29 is 9.50 Å². The van der Waals surface area contributed by atoms with Gasteiger partial charge in [0.1, 0.15) is 5.82 Å². The maximum atomic E-state index is 13.1. The fourth-order valence-corrected chi connectivity index (χ4v) is 2.59. The highest BCUT2D eigenvalue weighted by Gasteiger charge is 2.23. The minimum atomic E-state index is -0.816. The Hall–Kier alpha value is -1.30. The van der Waals surface area contributed by atoms with Crippen LogP contribution in [0.2, 0.25) is 0 Å². The zero-order valence-corrected chi connectivity index (χ0v) is 11.7. The second-order valence-electron chi connectivity index (χ2n) is 4.24. The van der Waals surface area contributed by atoms with Crippen molar-refractivity contribution >= 4 is 15.9 Å². The van der Waals surface area contributed by atoms with E-state index in [1.807, 2.05) is 6.07 Å². The number of aliphatic hydroxyl groups excluding tert-OH is 1. The number of hydrogen-bond acceptors (Lipinski definition) is 3. The van der Waals surface area contributed by atoms with Crippen molar-refractivity contribution in [2.45, 2.75) is 12.0 Å². The summed E-state index contributed by atoms with van der Waals surface area (Å²) in [5.74, 6) is -0.635. The highest BCUT2D eigenvalue weighted by Crippen LogP contribution is 2.34. The van der Waals surface area contributed by atoms with Crippen molar-refractivity contribution in [2.75, 3.05) is 6.54 Å². The summed E-state index contributed by atoms with van der Waals surface area (Å²) in [6.07, 6.45) is 2.53. The molecule has 0 saturated heterocycles. The number of hydrogen-bond donors (Lipinski definition) is 2. The van der Waals surface area contributed by atoms with Crippen LogP contribution in [0.5, 0.6) is 0 Å². The number of rotatable bonds is 4. The van der Waals surface area contributed by atoms with Gasteiger partial charge in [-0.3, -0.25) is 4.98 Å². The zero-order chi connectivity index (χ0) is 13.8. The van der Waals surface area contributed by atoms with Crippen LogP contribution in [-0.4, -0.2) is 16.6 Å². The Labute approximate surface area is 119 Å². The Bertz CT molecular complexity index is 550. The molecular formula is C14H14BrFN2O. The van der Waals surface area contributed by atoms with Crippen molar-refractivity contribution in [1.29, 1.82) is 0 Å². The van der Waals surface area contributed by atoms with Gasteiger partial charge in [0.25, 0.3) is 0 Å². The Kier molecular flexibility index (Phi) is 4.63. The lowest BCUT2D eigenvalue weighted by Crippen LogP contribution is -2.20. The minimum Gasteiger partial charge on any atom is -0.388 e. The van der Waals surface area contributed by atoms with Crippen LogP contribution in [-0.2, 0) is 0 Å². The van der Waals surface area contributed by atoms with Crippen LogP contribution in [0.3, 0.4) is 0 Å². The number of aromatic nitrogens is 1. The molecule has 0 aliphatic rings. The van der Waals surface area contributed by atoms with Crippen molar-refractivity contribution in [2.24, 2.45) is 5.73 Å². The molecule has 3 nitrogen and oxygen atoms in total. The number of nitrogens with two attached hydrogens (primary N) is 1. The molecular weight excluding hydrogens is 311 g/mol. The summed E-state index contributed by atoms with van der Waals surface area (Å²) in [6, 6.07) is 7.87. The average molecular weight is 325 g/mol. The highest BCUT2D eigenvalue weighted by molar-refractivity contribution is 9.10. The summed E-state index contributed by atoms with van der Waals surface area (Å²) in [6.45, 7) is 0.274. The second-order valence-corrected chi connectivity index (χ2v) is 5.09. The van der Waals surface area contributed by atoms with Crippen LogP contribution in [0.1, 0.15) is 23.1 Å². The fraction of sp³-hybridized carbons (Fsp3) is 0.214. The lowest BCUT2D eigenvalue weighted by molar-refractivity contribution is 0.146. The molecule has 0 aliphatic heterocycles. The first-order valence-electron chi connectivity index (χ1n) is 5.86. The SMILES string of the molecule is NCC(c1cccnc1)C(O)c1ccc(F)cc1Br. The van der Waals surface area contributed by atoms with E-state index < -0.39 is 6.10 Å². The lowest BCUT2D eigenvalue weighted by Gasteiger charge is -2.22. The van der Waals surface area contributed by atoms with Gasteiger partial charge in [-0.15, -0.1) is 0 Å². The molecule has 3 N–H and O–H groups in total. The van der Waals surface area contributed by atoms with Gasteiger partial charge in [-0.2, -0.15) is 0 Å². The van der Waals surface area contributed by atoms with Crippen LogP contribution >= 0.6 is 15.9 Å². The summed E-state index contributed by atoms with van der Waals surface area (Å²) in [4.78, 5) is 4.03. The third kappa shape index (κ3) is 3.18. The molecule has 0 fully saturated rings. The van der Waals surface area contributed by atoms with Gasteiger partial charge in [-0.05, 0) is 29.3 Å².